The zero-order valence-electron chi connectivity index (χ0n) is 27.0. The molecule has 2 aliphatic rings. The number of rotatable bonds is 12. The Morgan fingerprint density at radius 1 is 1.02 bits per heavy atom. The number of carbonyl (C=O) groups is 2. The van der Waals surface area contributed by atoms with Gasteiger partial charge in [0.05, 0.1) is 42.5 Å². The fourth-order valence-electron chi connectivity index (χ4n) is 7.01. The molecule has 10 heteroatoms. The number of para-hydroxylation sites is 1. The van der Waals surface area contributed by atoms with Crippen LogP contribution in [0.1, 0.15) is 30.5 Å². The van der Waals surface area contributed by atoms with Gasteiger partial charge in [-0.25, -0.2) is 0 Å². The number of aliphatic hydroxyl groups is 2. The van der Waals surface area contributed by atoms with E-state index in [2.05, 4.69) is 26.2 Å². The van der Waals surface area contributed by atoms with Crippen molar-refractivity contribution >= 4 is 56.5 Å². The zero-order chi connectivity index (χ0) is 34.5. The van der Waals surface area contributed by atoms with Crippen LogP contribution < -0.4 is 10.2 Å². The van der Waals surface area contributed by atoms with Crippen LogP contribution in [0.4, 0.5) is 17.1 Å². The van der Waals surface area contributed by atoms with Crippen LogP contribution in [-0.2, 0) is 14.3 Å². The van der Waals surface area contributed by atoms with E-state index in [4.69, 9.17) is 4.74 Å². The lowest BCUT2D eigenvalue weighted by Crippen LogP contribution is -2.39. The third-order valence-corrected chi connectivity index (χ3v) is 9.74. The molecule has 1 aromatic heterocycles. The second-order valence-electron chi connectivity index (χ2n) is 12.3. The van der Waals surface area contributed by atoms with E-state index in [1.54, 1.807) is 43.6 Å². The number of hydrogen-bond acceptors (Lipinski definition) is 8. The molecular weight excluding hydrogens is 686 g/mol. The number of amides is 2. The van der Waals surface area contributed by atoms with Crippen LogP contribution in [-0.4, -0.2) is 58.5 Å². The van der Waals surface area contributed by atoms with Gasteiger partial charge in [-0.05, 0) is 109 Å². The van der Waals surface area contributed by atoms with Gasteiger partial charge in [0.2, 0.25) is 11.8 Å². The number of allylic oxidation sites excluding steroid dienone is 1. The Hall–Kier alpha value is -4.61. The molecule has 1 fully saturated rings. The van der Waals surface area contributed by atoms with Crippen LogP contribution in [0.2, 0.25) is 0 Å². The van der Waals surface area contributed by atoms with Gasteiger partial charge in [0.25, 0.3) is 0 Å². The van der Waals surface area contributed by atoms with Crippen LogP contribution in [0.3, 0.4) is 0 Å². The van der Waals surface area contributed by atoms with E-state index < -0.39 is 36.4 Å². The summed E-state index contributed by atoms with van der Waals surface area (Å²) in [6.45, 7) is -0.259. The highest BCUT2D eigenvalue weighted by atomic mass is 79.9. The van der Waals surface area contributed by atoms with Gasteiger partial charge in [0.1, 0.15) is 5.75 Å². The number of methoxy groups -OCH3 is 1. The van der Waals surface area contributed by atoms with Crippen LogP contribution in [0, 0.1) is 17.8 Å². The number of nitrogens with one attached hydrogen (secondary N) is 1. The number of phenols is 1. The fourth-order valence-corrected chi connectivity index (χ4v) is 7.38. The minimum atomic E-state index is -1.04. The molecule has 0 spiro atoms. The second kappa shape index (κ2) is 15.3. The van der Waals surface area contributed by atoms with Crippen molar-refractivity contribution < 1.29 is 29.6 Å². The highest BCUT2D eigenvalue weighted by Gasteiger charge is 2.55. The largest absolute Gasteiger partial charge is 0.507 e. The summed E-state index contributed by atoms with van der Waals surface area (Å²) >= 11 is 3.46. The minimum absolute atomic E-state index is 0.108. The molecule has 3 aromatic carbocycles. The third-order valence-electron chi connectivity index (χ3n) is 9.25. The third kappa shape index (κ3) is 7.38. The standard InChI is InChI=1S/C39H38BrN3O6/c1-49-23-26-21-31-37(39(48)43(38(31)47)30-14-12-29(13-15-30)42-28-7-3-2-4-8-28)32(22-44)36(26)35(46)16-10-24(33-9-5-6-18-41-33)19-25-20-27(40)11-17-34(25)45/h2-9,11-15,17-20,31-32,35,37,42,44-46H,10,16,21-23H2,1H3/b24-19-/t31-,32+,35-,37-/m1/s1. The van der Waals surface area contributed by atoms with Gasteiger partial charge < -0.3 is 25.4 Å². The number of hydrogen-bond donors (Lipinski definition) is 4. The van der Waals surface area contributed by atoms with Crippen molar-refractivity contribution in [1.29, 1.82) is 0 Å². The quantitative estimate of drug-likeness (QED) is 0.0934. The number of anilines is 3. The van der Waals surface area contributed by atoms with Crippen molar-refractivity contribution in [3.8, 4) is 5.75 Å². The van der Waals surface area contributed by atoms with Gasteiger partial charge >= 0.3 is 0 Å². The van der Waals surface area contributed by atoms with E-state index in [1.165, 1.54) is 4.90 Å². The Morgan fingerprint density at radius 3 is 2.45 bits per heavy atom. The van der Waals surface area contributed by atoms with Crippen LogP contribution >= 0.6 is 15.9 Å². The SMILES string of the molecule is COCC1=C([C@H](O)CC/C(=C/c2cc(Br)ccc2O)c2ccccn2)[C@H](CO)[C@@H]2C(=O)N(c3ccc(Nc4ccccc4)cc3)C(=O)[C@@H]2C1. The van der Waals surface area contributed by atoms with Crippen molar-refractivity contribution in [2.75, 3.05) is 30.5 Å². The number of benzene rings is 3. The number of aliphatic hydroxyl groups excluding tert-OH is 2. The summed E-state index contributed by atoms with van der Waals surface area (Å²) in [6, 6.07) is 27.5. The number of aromatic nitrogens is 1. The predicted molar refractivity (Wildman–Crippen MR) is 193 cm³/mol. The van der Waals surface area contributed by atoms with Crippen molar-refractivity contribution in [3.63, 3.8) is 0 Å². The molecule has 2 amide bonds. The van der Waals surface area contributed by atoms with E-state index in [-0.39, 0.29) is 31.1 Å². The van der Waals surface area contributed by atoms with Crippen molar-refractivity contribution in [3.05, 3.63) is 124 Å². The monoisotopic (exact) mass is 723 g/mol. The first kappa shape index (κ1) is 34.3. The molecule has 0 saturated carbocycles. The van der Waals surface area contributed by atoms with Crippen LogP contribution in [0.5, 0.6) is 5.75 Å². The predicted octanol–water partition coefficient (Wildman–Crippen LogP) is 6.74. The second-order valence-corrected chi connectivity index (χ2v) is 13.2. The molecule has 49 heavy (non-hydrogen) atoms. The smallest absolute Gasteiger partial charge is 0.238 e. The molecule has 9 nitrogen and oxygen atoms in total. The maximum atomic E-state index is 14.0. The lowest BCUT2D eigenvalue weighted by atomic mass is 9.68. The van der Waals surface area contributed by atoms with Crippen molar-refractivity contribution in [2.24, 2.45) is 17.8 Å². The van der Waals surface area contributed by atoms with E-state index in [0.29, 0.717) is 34.5 Å². The lowest BCUT2D eigenvalue weighted by molar-refractivity contribution is -0.123. The average Bonchev–Trinajstić information content (AvgIpc) is 3.37. The number of halogens is 1. The summed E-state index contributed by atoms with van der Waals surface area (Å²) < 4.78 is 6.32. The van der Waals surface area contributed by atoms with Crippen molar-refractivity contribution in [1.82, 2.24) is 4.98 Å². The van der Waals surface area contributed by atoms with Gasteiger partial charge in [-0.2, -0.15) is 0 Å². The number of phenolic OH excluding ortho intramolecular Hbond substituents is 1. The zero-order valence-corrected chi connectivity index (χ0v) is 28.6. The number of imide groups is 1. The van der Waals surface area contributed by atoms with Crippen molar-refractivity contribution in [2.45, 2.75) is 25.4 Å². The summed E-state index contributed by atoms with van der Waals surface area (Å²) in [6.07, 6.45) is 3.36. The number of pyridine rings is 1. The Balaban J connectivity index is 1.25. The first-order valence-corrected chi connectivity index (χ1v) is 17.0. The summed E-state index contributed by atoms with van der Waals surface area (Å²) in [7, 11) is 1.54. The fraction of sp³-hybridized carbons (Fsp3) is 0.256. The molecule has 4 atom stereocenters. The Bertz CT molecular complexity index is 1860. The van der Waals surface area contributed by atoms with E-state index in [9.17, 15) is 24.9 Å². The van der Waals surface area contributed by atoms with E-state index >= 15 is 0 Å². The van der Waals surface area contributed by atoms with E-state index in [1.807, 2.05) is 66.7 Å². The minimum Gasteiger partial charge on any atom is -0.507 e. The number of nitrogens with zero attached hydrogens (tertiary/aromatic N) is 2. The maximum Gasteiger partial charge on any atom is 0.238 e. The molecule has 1 aliphatic heterocycles. The molecule has 4 aromatic rings. The highest BCUT2D eigenvalue weighted by molar-refractivity contribution is 9.10. The molecule has 0 unspecified atom stereocenters. The molecule has 252 valence electrons. The summed E-state index contributed by atoms with van der Waals surface area (Å²) in [5, 5.41) is 36.4. The summed E-state index contributed by atoms with van der Waals surface area (Å²) in [5.74, 6) is -2.88. The normalized spacial score (nSPS) is 20.0. The number of fused-ring (bicyclic) bond motifs is 1. The van der Waals surface area contributed by atoms with Gasteiger partial charge in [-0.3, -0.25) is 19.5 Å². The Morgan fingerprint density at radius 2 is 1.76 bits per heavy atom. The van der Waals surface area contributed by atoms with Gasteiger partial charge in [0.15, 0.2) is 0 Å². The maximum absolute atomic E-state index is 14.0. The molecule has 1 aliphatic carbocycles. The Kier molecular flexibility index (Phi) is 10.7. The molecule has 2 heterocycles. The molecular formula is C39H38BrN3O6. The molecule has 4 N–H and O–H groups in total. The first-order chi connectivity index (χ1) is 23.8. The Labute approximate surface area is 293 Å². The molecule has 6 rings (SSSR count). The van der Waals surface area contributed by atoms with Gasteiger partial charge in [-0.15, -0.1) is 0 Å². The summed E-state index contributed by atoms with van der Waals surface area (Å²) in [5.41, 5.74) is 5.52. The molecule has 1 saturated heterocycles. The summed E-state index contributed by atoms with van der Waals surface area (Å²) in [4.78, 5) is 33.6. The topological polar surface area (TPSA) is 132 Å². The van der Waals surface area contributed by atoms with Crippen LogP contribution in [0.25, 0.3) is 11.6 Å². The first-order valence-electron chi connectivity index (χ1n) is 16.2. The van der Waals surface area contributed by atoms with Gasteiger partial charge in [0, 0.05) is 40.6 Å². The molecule has 0 radical (unpaired) electrons. The number of carbonyl (C=O) groups excluding carboxylic acids is 2. The lowest BCUT2D eigenvalue weighted by Gasteiger charge is -2.36. The average molecular weight is 725 g/mol. The highest BCUT2D eigenvalue weighted by Crippen LogP contribution is 2.47. The number of aromatic hydroxyl groups is 1. The van der Waals surface area contributed by atoms with Crippen LogP contribution in [0.15, 0.2) is 113 Å². The molecule has 0 bridgehead atoms. The van der Waals surface area contributed by atoms with E-state index in [0.717, 1.165) is 21.4 Å². The number of ether oxygens (including phenoxy) is 1. The van der Waals surface area contributed by atoms with Gasteiger partial charge in [-0.1, -0.05) is 40.2 Å².